The molecule has 0 bridgehead atoms. The lowest BCUT2D eigenvalue weighted by Crippen LogP contribution is -2.14. The number of rotatable bonds is 5. The predicted octanol–water partition coefficient (Wildman–Crippen LogP) is 0.220. The van der Waals surface area contributed by atoms with Crippen LogP contribution < -0.4 is 5.73 Å². The molecule has 0 aliphatic carbocycles. The first-order chi connectivity index (χ1) is 6.24. The number of aromatic nitrogens is 4. The molecule has 5 heteroatoms. The highest BCUT2D eigenvalue weighted by molar-refractivity contribution is 4.81. The summed E-state index contributed by atoms with van der Waals surface area (Å²) in [4.78, 5) is 0. The highest BCUT2D eigenvalue weighted by Gasteiger charge is 2.05. The Morgan fingerprint density at radius 3 is 2.85 bits per heavy atom. The van der Waals surface area contributed by atoms with Gasteiger partial charge in [0.2, 0.25) is 0 Å². The third kappa shape index (κ3) is 3.10. The molecule has 0 radical (unpaired) electrons. The zero-order chi connectivity index (χ0) is 9.68. The van der Waals surface area contributed by atoms with Crippen LogP contribution in [0.4, 0.5) is 0 Å². The summed E-state index contributed by atoms with van der Waals surface area (Å²) < 4.78 is 1.78. The van der Waals surface area contributed by atoms with Gasteiger partial charge in [-0.25, -0.2) is 4.68 Å². The summed E-state index contributed by atoms with van der Waals surface area (Å²) >= 11 is 0. The first kappa shape index (κ1) is 10.1. The fraction of sp³-hybridized carbons (Fsp3) is 0.875. The van der Waals surface area contributed by atoms with Crippen molar-refractivity contribution in [1.82, 2.24) is 20.2 Å². The van der Waals surface area contributed by atoms with Gasteiger partial charge < -0.3 is 5.73 Å². The molecule has 1 aromatic heterocycles. The van der Waals surface area contributed by atoms with Crippen molar-refractivity contribution in [3.05, 3.63) is 5.82 Å². The number of hydrogen-bond acceptors (Lipinski definition) is 4. The first-order valence-electron chi connectivity index (χ1n) is 4.69. The van der Waals surface area contributed by atoms with E-state index in [1.165, 1.54) is 0 Å². The molecule has 0 atom stereocenters. The first-order valence-corrected chi connectivity index (χ1v) is 4.69. The van der Waals surface area contributed by atoms with Crippen LogP contribution in [0, 0.1) is 5.92 Å². The molecular weight excluding hydrogens is 166 g/mol. The fourth-order valence-electron chi connectivity index (χ4n) is 1.12. The maximum atomic E-state index is 5.43. The molecule has 13 heavy (non-hydrogen) atoms. The third-order valence-corrected chi connectivity index (χ3v) is 1.89. The van der Waals surface area contributed by atoms with E-state index in [1.54, 1.807) is 4.68 Å². The Labute approximate surface area is 78.3 Å². The van der Waals surface area contributed by atoms with E-state index in [0.717, 1.165) is 18.7 Å². The van der Waals surface area contributed by atoms with Gasteiger partial charge >= 0.3 is 0 Å². The van der Waals surface area contributed by atoms with Crippen molar-refractivity contribution in [1.29, 1.82) is 0 Å². The van der Waals surface area contributed by atoms with Crippen molar-refractivity contribution in [2.75, 3.05) is 6.54 Å². The van der Waals surface area contributed by atoms with Crippen LogP contribution in [0.15, 0.2) is 0 Å². The van der Waals surface area contributed by atoms with Gasteiger partial charge in [-0.1, -0.05) is 13.8 Å². The van der Waals surface area contributed by atoms with Crippen LogP contribution in [-0.4, -0.2) is 26.8 Å². The van der Waals surface area contributed by atoms with Crippen molar-refractivity contribution < 1.29 is 0 Å². The van der Waals surface area contributed by atoms with Gasteiger partial charge in [0.05, 0.1) is 6.54 Å². The Kier molecular flexibility index (Phi) is 3.82. The number of nitrogens with two attached hydrogens (primary N) is 1. The molecule has 0 saturated heterocycles. The summed E-state index contributed by atoms with van der Waals surface area (Å²) in [5, 5.41) is 11.4. The number of nitrogens with zero attached hydrogens (tertiary/aromatic N) is 4. The van der Waals surface area contributed by atoms with Gasteiger partial charge in [0.15, 0.2) is 5.82 Å². The smallest absolute Gasteiger partial charge is 0.151 e. The maximum Gasteiger partial charge on any atom is 0.151 e. The fourth-order valence-corrected chi connectivity index (χ4v) is 1.12. The molecule has 0 aromatic carbocycles. The summed E-state index contributed by atoms with van der Waals surface area (Å²) in [6.45, 7) is 5.67. The van der Waals surface area contributed by atoms with Gasteiger partial charge in [0.25, 0.3) is 0 Å². The van der Waals surface area contributed by atoms with E-state index in [9.17, 15) is 0 Å². The number of hydrogen-bond donors (Lipinski definition) is 1. The van der Waals surface area contributed by atoms with Crippen LogP contribution in [0.3, 0.4) is 0 Å². The second kappa shape index (κ2) is 4.91. The molecule has 5 nitrogen and oxygen atoms in total. The van der Waals surface area contributed by atoms with Crippen LogP contribution in [0.1, 0.15) is 26.1 Å². The van der Waals surface area contributed by atoms with Crippen molar-refractivity contribution in [3.63, 3.8) is 0 Å². The third-order valence-electron chi connectivity index (χ3n) is 1.89. The minimum Gasteiger partial charge on any atom is -0.329 e. The molecule has 0 aliphatic heterocycles. The van der Waals surface area contributed by atoms with Crippen molar-refractivity contribution in [3.8, 4) is 0 Å². The predicted molar refractivity (Wildman–Crippen MR) is 50.0 cm³/mol. The van der Waals surface area contributed by atoms with Crippen LogP contribution in [-0.2, 0) is 13.0 Å². The molecule has 2 N–H and O–H groups in total. The van der Waals surface area contributed by atoms with Gasteiger partial charge in [-0.2, -0.15) is 0 Å². The van der Waals surface area contributed by atoms with E-state index in [2.05, 4.69) is 29.4 Å². The summed E-state index contributed by atoms with van der Waals surface area (Å²) in [7, 11) is 0. The van der Waals surface area contributed by atoms with E-state index in [0.29, 0.717) is 19.0 Å². The van der Waals surface area contributed by atoms with Crippen LogP contribution in [0.5, 0.6) is 0 Å². The van der Waals surface area contributed by atoms with Crippen LogP contribution in [0.2, 0.25) is 0 Å². The lowest BCUT2D eigenvalue weighted by atomic mass is 10.1. The average molecular weight is 183 g/mol. The summed E-state index contributed by atoms with van der Waals surface area (Å²) in [5.41, 5.74) is 5.43. The van der Waals surface area contributed by atoms with Gasteiger partial charge in [0, 0.05) is 13.0 Å². The molecule has 0 aliphatic rings. The normalized spacial score (nSPS) is 11.1. The number of aryl methyl sites for hydroxylation is 1. The molecule has 1 aromatic rings. The van der Waals surface area contributed by atoms with Crippen molar-refractivity contribution >= 4 is 0 Å². The molecule has 74 valence electrons. The Balaban J connectivity index is 2.49. The van der Waals surface area contributed by atoms with E-state index >= 15 is 0 Å². The lowest BCUT2D eigenvalue weighted by Gasteiger charge is -2.04. The van der Waals surface area contributed by atoms with Crippen molar-refractivity contribution in [2.24, 2.45) is 11.7 Å². The van der Waals surface area contributed by atoms with E-state index in [-0.39, 0.29) is 0 Å². The molecule has 1 rings (SSSR count). The van der Waals surface area contributed by atoms with Gasteiger partial charge in [-0.3, -0.25) is 0 Å². The summed E-state index contributed by atoms with van der Waals surface area (Å²) in [6, 6.07) is 0. The monoisotopic (exact) mass is 183 g/mol. The molecule has 1 heterocycles. The Hall–Kier alpha value is -0.970. The standard InChI is InChI=1S/C8H17N5/c1-7(2)3-4-8-10-11-12-13(8)6-5-9/h7H,3-6,9H2,1-2H3. The topological polar surface area (TPSA) is 69.6 Å². The van der Waals surface area contributed by atoms with Gasteiger partial charge in [-0.05, 0) is 22.8 Å². The SMILES string of the molecule is CC(C)CCc1nnnn1CCN. The Morgan fingerprint density at radius 2 is 2.23 bits per heavy atom. The molecule has 0 saturated carbocycles. The van der Waals surface area contributed by atoms with Crippen LogP contribution >= 0.6 is 0 Å². The average Bonchev–Trinajstić information content (AvgIpc) is 2.49. The molecule has 0 fully saturated rings. The van der Waals surface area contributed by atoms with Crippen molar-refractivity contribution in [2.45, 2.75) is 33.2 Å². The van der Waals surface area contributed by atoms with E-state index in [1.807, 2.05) is 0 Å². The molecule has 0 spiro atoms. The zero-order valence-corrected chi connectivity index (χ0v) is 8.27. The van der Waals surface area contributed by atoms with E-state index in [4.69, 9.17) is 5.73 Å². The second-order valence-corrected chi connectivity index (χ2v) is 3.54. The highest BCUT2D eigenvalue weighted by atomic mass is 15.5. The summed E-state index contributed by atoms with van der Waals surface area (Å²) in [6.07, 6.45) is 2.05. The Morgan fingerprint density at radius 1 is 1.46 bits per heavy atom. The quantitative estimate of drug-likeness (QED) is 0.709. The second-order valence-electron chi connectivity index (χ2n) is 3.54. The maximum absolute atomic E-state index is 5.43. The molecule has 0 unspecified atom stereocenters. The highest BCUT2D eigenvalue weighted by Crippen LogP contribution is 2.05. The van der Waals surface area contributed by atoms with E-state index < -0.39 is 0 Å². The minimum atomic E-state index is 0.583. The summed E-state index contributed by atoms with van der Waals surface area (Å²) in [5.74, 6) is 1.63. The number of tetrazole rings is 1. The lowest BCUT2D eigenvalue weighted by molar-refractivity contribution is 0.529. The largest absolute Gasteiger partial charge is 0.329 e. The zero-order valence-electron chi connectivity index (χ0n) is 8.27. The Bertz CT molecular complexity index is 242. The van der Waals surface area contributed by atoms with Crippen LogP contribution in [0.25, 0.3) is 0 Å². The van der Waals surface area contributed by atoms with Gasteiger partial charge in [-0.15, -0.1) is 5.10 Å². The van der Waals surface area contributed by atoms with Gasteiger partial charge in [0.1, 0.15) is 0 Å². The molecule has 0 amide bonds. The minimum absolute atomic E-state index is 0.583. The molecular formula is C8H17N5.